The Morgan fingerprint density at radius 2 is 2.17 bits per heavy atom. The van der Waals surface area contributed by atoms with Gasteiger partial charge in [0.15, 0.2) is 0 Å². The topological polar surface area (TPSA) is 48.1 Å². The van der Waals surface area contributed by atoms with Crippen LogP contribution in [-0.4, -0.2) is 18.6 Å². The fourth-order valence-electron chi connectivity index (χ4n) is 2.63. The highest BCUT2D eigenvalue weighted by atomic mass is 16.5. The molecule has 0 saturated heterocycles. The van der Waals surface area contributed by atoms with Crippen LogP contribution in [0.2, 0.25) is 0 Å². The molecule has 2 rings (SSSR count). The number of pyridine rings is 1. The van der Waals surface area contributed by atoms with E-state index in [2.05, 4.69) is 11.1 Å². The van der Waals surface area contributed by atoms with Gasteiger partial charge in [-0.3, -0.25) is 0 Å². The summed E-state index contributed by atoms with van der Waals surface area (Å²) >= 11 is 0. The molecule has 1 aliphatic rings. The standard InChI is InChI=1S/C15H22N2O/c1-18-15-8-7-12(11-17-15)9-14(10-16)13-5-3-2-4-6-13/h7-9,11,13H,2-6,10,16H2,1H3/b14-9-. The number of hydrogen-bond acceptors (Lipinski definition) is 3. The van der Waals surface area contributed by atoms with E-state index in [0.29, 0.717) is 18.3 Å². The Bertz CT molecular complexity index is 391. The monoisotopic (exact) mass is 246 g/mol. The van der Waals surface area contributed by atoms with Crippen LogP contribution in [0.4, 0.5) is 0 Å². The zero-order valence-electron chi connectivity index (χ0n) is 11.1. The Morgan fingerprint density at radius 1 is 1.39 bits per heavy atom. The molecule has 0 radical (unpaired) electrons. The summed E-state index contributed by atoms with van der Waals surface area (Å²) in [4.78, 5) is 4.22. The molecular formula is C15H22N2O. The van der Waals surface area contributed by atoms with Crippen molar-refractivity contribution in [2.24, 2.45) is 11.7 Å². The first-order chi connectivity index (χ1) is 8.83. The maximum absolute atomic E-state index is 5.89. The van der Waals surface area contributed by atoms with Crippen molar-refractivity contribution in [1.29, 1.82) is 0 Å². The summed E-state index contributed by atoms with van der Waals surface area (Å²) in [6.45, 7) is 0.649. The molecule has 0 aromatic carbocycles. The molecule has 1 saturated carbocycles. The Kier molecular flexibility index (Phi) is 4.76. The average molecular weight is 246 g/mol. The zero-order chi connectivity index (χ0) is 12.8. The molecular weight excluding hydrogens is 224 g/mol. The number of nitrogens with two attached hydrogens (primary N) is 1. The van der Waals surface area contributed by atoms with Crippen LogP contribution in [0.5, 0.6) is 5.88 Å². The predicted octanol–water partition coefficient (Wildman–Crippen LogP) is 3.01. The minimum absolute atomic E-state index is 0.649. The highest BCUT2D eigenvalue weighted by Gasteiger charge is 2.16. The van der Waals surface area contributed by atoms with Gasteiger partial charge in [-0.05, 0) is 30.4 Å². The first kappa shape index (κ1) is 13.1. The van der Waals surface area contributed by atoms with E-state index in [-0.39, 0.29) is 0 Å². The predicted molar refractivity (Wildman–Crippen MR) is 74.4 cm³/mol. The molecule has 0 aliphatic heterocycles. The molecule has 0 spiro atoms. The Balaban J connectivity index is 2.11. The molecule has 1 aromatic rings. The van der Waals surface area contributed by atoms with E-state index in [1.54, 1.807) is 7.11 Å². The summed E-state index contributed by atoms with van der Waals surface area (Å²) in [5.74, 6) is 1.32. The zero-order valence-corrected chi connectivity index (χ0v) is 11.1. The van der Waals surface area contributed by atoms with Gasteiger partial charge in [0.05, 0.1) is 7.11 Å². The summed E-state index contributed by atoms with van der Waals surface area (Å²) < 4.78 is 5.06. The summed E-state index contributed by atoms with van der Waals surface area (Å²) in [6.07, 6.45) is 10.7. The first-order valence-electron chi connectivity index (χ1n) is 6.74. The van der Waals surface area contributed by atoms with Gasteiger partial charge in [0, 0.05) is 18.8 Å². The number of rotatable bonds is 4. The van der Waals surface area contributed by atoms with Crippen molar-refractivity contribution in [3.8, 4) is 5.88 Å². The molecule has 1 heterocycles. The quantitative estimate of drug-likeness (QED) is 0.888. The molecule has 1 fully saturated rings. The van der Waals surface area contributed by atoms with Crippen LogP contribution in [0.15, 0.2) is 23.9 Å². The lowest BCUT2D eigenvalue weighted by Crippen LogP contribution is -2.16. The second-order valence-electron chi connectivity index (χ2n) is 4.89. The van der Waals surface area contributed by atoms with E-state index in [9.17, 15) is 0 Å². The molecule has 0 amide bonds. The van der Waals surface area contributed by atoms with Gasteiger partial charge in [0.25, 0.3) is 0 Å². The largest absolute Gasteiger partial charge is 0.481 e. The lowest BCUT2D eigenvalue weighted by atomic mass is 9.83. The molecule has 1 aromatic heterocycles. The van der Waals surface area contributed by atoms with E-state index < -0.39 is 0 Å². The Hall–Kier alpha value is -1.35. The number of methoxy groups -OCH3 is 1. The molecule has 1 aliphatic carbocycles. The summed E-state index contributed by atoms with van der Waals surface area (Å²) in [6, 6.07) is 3.92. The van der Waals surface area contributed by atoms with E-state index in [1.165, 1.54) is 37.7 Å². The number of hydrogen-bond donors (Lipinski definition) is 1. The Morgan fingerprint density at radius 3 is 2.72 bits per heavy atom. The summed E-state index contributed by atoms with van der Waals surface area (Å²) in [7, 11) is 1.63. The molecule has 98 valence electrons. The van der Waals surface area contributed by atoms with Crippen molar-refractivity contribution in [2.45, 2.75) is 32.1 Å². The normalized spacial score (nSPS) is 17.8. The van der Waals surface area contributed by atoms with E-state index in [4.69, 9.17) is 10.5 Å². The summed E-state index contributed by atoms with van der Waals surface area (Å²) in [5, 5.41) is 0. The van der Waals surface area contributed by atoms with Gasteiger partial charge in [-0.15, -0.1) is 0 Å². The molecule has 0 atom stereocenters. The van der Waals surface area contributed by atoms with Crippen molar-refractivity contribution in [1.82, 2.24) is 4.98 Å². The van der Waals surface area contributed by atoms with E-state index in [1.807, 2.05) is 18.3 Å². The third kappa shape index (κ3) is 3.33. The average Bonchev–Trinajstić information content (AvgIpc) is 2.46. The van der Waals surface area contributed by atoms with Gasteiger partial charge in [-0.25, -0.2) is 4.98 Å². The van der Waals surface area contributed by atoms with Crippen LogP contribution < -0.4 is 10.5 Å². The van der Waals surface area contributed by atoms with Crippen LogP contribution in [0, 0.1) is 5.92 Å². The van der Waals surface area contributed by atoms with Gasteiger partial charge >= 0.3 is 0 Å². The molecule has 2 N–H and O–H groups in total. The third-order valence-electron chi connectivity index (χ3n) is 3.69. The third-order valence-corrected chi connectivity index (χ3v) is 3.69. The van der Waals surface area contributed by atoms with E-state index in [0.717, 1.165) is 5.56 Å². The minimum atomic E-state index is 0.649. The maximum atomic E-state index is 5.89. The highest BCUT2D eigenvalue weighted by Crippen LogP contribution is 2.30. The first-order valence-corrected chi connectivity index (χ1v) is 6.74. The summed E-state index contributed by atoms with van der Waals surface area (Å²) in [5.41, 5.74) is 8.37. The maximum Gasteiger partial charge on any atom is 0.212 e. The van der Waals surface area contributed by atoms with Crippen LogP contribution >= 0.6 is 0 Å². The van der Waals surface area contributed by atoms with Crippen molar-refractivity contribution in [3.63, 3.8) is 0 Å². The Labute approximate surface area is 109 Å². The fraction of sp³-hybridized carbons (Fsp3) is 0.533. The van der Waals surface area contributed by atoms with Gasteiger partial charge in [0.2, 0.25) is 5.88 Å². The van der Waals surface area contributed by atoms with Crippen molar-refractivity contribution in [3.05, 3.63) is 29.5 Å². The number of nitrogens with zero attached hydrogens (tertiary/aromatic N) is 1. The number of ether oxygens (including phenoxy) is 1. The molecule has 0 bridgehead atoms. The van der Waals surface area contributed by atoms with E-state index >= 15 is 0 Å². The van der Waals surface area contributed by atoms with Crippen molar-refractivity contribution < 1.29 is 4.74 Å². The smallest absolute Gasteiger partial charge is 0.212 e. The molecule has 3 heteroatoms. The lowest BCUT2D eigenvalue weighted by molar-refractivity contribution is 0.397. The molecule has 0 unspecified atom stereocenters. The van der Waals surface area contributed by atoms with Crippen LogP contribution in [0.1, 0.15) is 37.7 Å². The second kappa shape index (κ2) is 6.55. The van der Waals surface area contributed by atoms with Gasteiger partial charge < -0.3 is 10.5 Å². The van der Waals surface area contributed by atoms with Gasteiger partial charge in [-0.1, -0.05) is 30.9 Å². The number of aromatic nitrogens is 1. The van der Waals surface area contributed by atoms with Crippen LogP contribution in [0.25, 0.3) is 6.08 Å². The molecule has 3 nitrogen and oxygen atoms in total. The minimum Gasteiger partial charge on any atom is -0.481 e. The second-order valence-corrected chi connectivity index (χ2v) is 4.89. The lowest BCUT2D eigenvalue weighted by Gasteiger charge is -2.23. The highest BCUT2D eigenvalue weighted by molar-refractivity contribution is 5.53. The fourth-order valence-corrected chi connectivity index (χ4v) is 2.63. The van der Waals surface area contributed by atoms with Crippen molar-refractivity contribution in [2.75, 3.05) is 13.7 Å². The van der Waals surface area contributed by atoms with Gasteiger partial charge in [-0.2, -0.15) is 0 Å². The SMILES string of the molecule is COc1ccc(/C=C(/CN)C2CCCCC2)cn1. The van der Waals surface area contributed by atoms with Gasteiger partial charge in [0.1, 0.15) is 0 Å². The van der Waals surface area contributed by atoms with Crippen LogP contribution in [0.3, 0.4) is 0 Å². The van der Waals surface area contributed by atoms with Crippen LogP contribution in [-0.2, 0) is 0 Å². The van der Waals surface area contributed by atoms with Crippen molar-refractivity contribution >= 4 is 6.08 Å². The molecule has 18 heavy (non-hydrogen) atoms.